The van der Waals surface area contributed by atoms with Gasteiger partial charge in [0, 0.05) is 12.6 Å². The predicted octanol–water partition coefficient (Wildman–Crippen LogP) is 3.45. The highest BCUT2D eigenvalue weighted by Crippen LogP contribution is 2.30. The summed E-state index contributed by atoms with van der Waals surface area (Å²) in [4.78, 5) is 2.27. The van der Waals surface area contributed by atoms with Crippen LogP contribution in [0.25, 0.3) is 0 Å². The topological polar surface area (TPSA) is 40.2 Å². The Kier molecular flexibility index (Phi) is 3.53. The third kappa shape index (κ3) is 3.06. The van der Waals surface area contributed by atoms with E-state index in [1.54, 1.807) is 12.3 Å². The van der Waals surface area contributed by atoms with Crippen LogP contribution >= 0.6 is 0 Å². The van der Waals surface area contributed by atoms with E-state index in [0.717, 1.165) is 17.9 Å². The van der Waals surface area contributed by atoms with Crippen molar-refractivity contribution >= 4 is 0 Å². The summed E-state index contributed by atoms with van der Waals surface area (Å²) >= 11 is 0. The number of furan rings is 1. The standard InChI is InChI=1S/C16H15FN2O/c17-14-7-12(9-18)6-13(8-14)10-19(15-3-4-15)11-16-2-1-5-20-16/h1-2,5-8,15H,3-4,10-11H2. The molecule has 20 heavy (non-hydrogen) atoms. The maximum Gasteiger partial charge on any atom is 0.124 e. The van der Waals surface area contributed by atoms with Crippen molar-refractivity contribution in [2.24, 2.45) is 0 Å². The van der Waals surface area contributed by atoms with Crippen molar-refractivity contribution < 1.29 is 8.81 Å². The van der Waals surface area contributed by atoms with E-state index in [2.05, 4.69) is 4.90 Å². The second kappa shape index (κ2) is 5.48. The van der Waals surface area contributed by atoms with E-state index in [1.807, 2.05) is 18.2 Å². The van der Waals surface area contributed by atoms with Gasteiger partial charge in [-0.25, -0.2) is 4.39 Å². The summed E-state index contributed by atoms with van der Waals surface area (Å²) in [6.45, 7) is 1.36. The first-order valence-corrected chi connectivity index (χ1v) is 6.70. The van der Waals surface area contributed by atoms with E-state index < -0.39 is 0 Å². The number of hydrogen-bond donors (Lipinski definition) is 0. The SMILES string of the molecule is N#Cc1cc(F)cc(CN(Cc2ccco2)C2CC2)c1. The van der Waals surface area contributed by atoms with E-state index in [9.17, 15) is 4.39 Å². The second-order valence-corrected chi connectivity index (χ2v) is 5.18. The van der Waals surface area contributed by atoms with Crippen molar-refractivity contribution in [2.45, 2.75) is 32.0 Å². The molecule has 1 saturated carbocycles. The van der Waals surface area contributed by atoms with Gasteiger partial charge in [0.2, 0.25) is 0 Å². The number of rotatable bonds is 5. The molecule has 0 spiro atoms. The van der Waals surface area contributed by atoms with Gasteiger partial charge in [-0.1, -0.05) is 0 Å². The number of nitrogens with zero attached hydrogens (tertiary/aromatic N) is 2. The van der Waals surface area contributed by atoms with Gasteiger partial charge in [0.15, 0.2) is 0 Å². The smallest absolute Gasteiger partial charge is 0.124 e. The summed E-state index contributed by atoms with van der Waals surface area (Å²) in [5.74, 6) is 0.557. The Hall–Kier alpha value is -2.12. The molecule has 3 rings (SSSR count). The van der Waals surface area contributed by atoms with E-state index in [0.29, 0.717) is 18.2 Å². The molecule has 0 N–H and O–H groups in total. The van der Waals surface area contributed by atoms with Crippen molar-refractivity contribution in [3.63, 3.8) is 0 Å². The Morgan fingerprint density at radius 1 is 1.30 bits per heavy atom. The van der Waals surface area contributed by atoms with E-state index in [4.69, 9.17) is 9.68 Å². The summed E-state index contributed by atoms with van der Waals surface area (Å²) in [6, 6.07) is 10.9. The van der Waals surface area contributed by atoms with Gasteiger partial charge in [-0.2, -0.15) is 5.26 Å². The lowest BCUT2D eigenvalue weighted by Gasteiger charge is -2.21. The fourth-order valence-electron chi connectivity index (χ4n) is 2.40. The molecule has 1 aromatic heterocycles. The highest BCUT2D eigenvalue weighted by molar-refractivity contribution is 5.33. The van der Waals surface area contributed by atoms with Crippen LogP contribution in [-0.4, -0.2) is 10.9 Å². The summed E-state index contributed by atoms with van der Waals surface area (Å²) in [6.07, 6.45) is 4.00. The van der Waals surface area contributed by atoms with Crippen molar-refractivity contribution in [1.29, 1.82) is 5.26 Å². The van der Waals surface area contributed by atoms with Crippen LogP contribution in [-0.2, 0) is 13.1 Å². The molecule has 1 aliphatic carbocycles. The van der Waals surface area contributed by atoms with Gasteiger partial charge in [-0.15, -0.1) is 0 Å². The molecular formula is C16H15FN2O. The van der Waals surface area contributed by atoms with Gasteiger partial charge < -0.3 is 4.42 Å². The molecule has 3 nitrogen and oxygen atoms in total. The third-order valence-electron chi connectivity index (χ3n) is 3.47. The Labute approximate surface area is 117 Å². The van der Waals surface area contributed by atoms with Crippen molar-refractivity contribution in [1.82, 2.24) is 4.90 Å². The molecule has 102 valence electrons. The van der Waals surface area contributed by atoms with E-state index >= 15 is 0 Å². The normalized spacial score (nSPS) is 14.4. The molecule has 4 heteroatoms. The van der Waals surface area contributed by atoms with Crippen molar-refractivity contribution in [3.05, 3.63) is 59.3 Å². The minimum atomic E-state index is -0.354. The van der Waals surface area contributed by atoms with Crippen molar-refractivity contribution in [3.8, 4) is 6.07 Å². The Balaban J connectivity index is 1.76. The van der Waals surface area contributed by atoms with Crippen LogP contribution in [0.5, 0.6) is 0 Å². The molecule has 1 fully saturated rings. The summed E-state index contributed by atoms with van der Waals surface area (Å²) in [7, 11) is 0. The molecular weight excluding hydrogens is 255 g/mol. The summed E-state index contributed by atoms with van der Waals surface area (Å²) < 4.78 is 18.9. The second-order valence-electron chi connectivity index (χ2n) is 5.18. The molecule has 0 unspecified atom stereocenters. The Bertz CT molecular complexity index is 626. The molecule has 0 atom stereocenters. The van der Waals surface area contributed by atoms with E-state index in [1.165, 1.54) is 25.0 Å². The van der Waals surface area contributed by atoms with Gasteiger partial charge in [-0.05, 0) is 48.7 Å². The monoisotopic (exact) mass is 270 g/mol. The Morgan fingerprint density at radius 2 is 2.15 bits per heavy atom. The quantitative estimate of drug-likeness (QED) is 0.835. The maximum absolute atomic E-state index is 13.5. The van der Waals surface area contributed by atoms with Crippen LogP contribution in [0.4, 0.5) is 4.39 Å². The first-order chi connectivity index (χ1) is 9.74. The molecule has 2 aromatic rings. The van der Waals surface area contributed by atoms with Crippen LogP contribution < -0.4 is 0 Å². The minimum Gasteiger partial charge on any atom is -0.468 e. The number of benzene rings is 1. The van der Waals surface area contributed by atoms with Crippen molar-refractivity contribution in [2.75, 3.05) is 0 Å². The molecule has 0 aliphatic heterocycles. The summed E-state index contributed by atoms with van der Waals surface area (Å²) in [5.41, 5.74) is 1.20. The predicted molar refractivity (Wildman–Crippen MR) is 72.1 cm³/mol. The molecule has 1 aromatic carbocycles. The van der Waals surface area contributed by atoms with Crippen LogP contribution in [0.1, 0.15) is 29.7 Å². The average Bonchev–Trinajstić information content (AvgIpc) is 3.16. The van der Waals surface area contributed by atoms with Crippen LogP contribution in [0.15, 0.2) is 41.0 Å². The van der Waals surface area contributed by atoms with Crippen LogP contribution in [0, 0.1) is 17.1 Å². The highest BCUT2D eigenvalue weighted by atomic mass is 19.1. The zero-order valence-electron chi connectivity index (χ0n) is 11.1. The lowest BCUT2D eigenvalue weighted by atomic mass is 10.1. The van der Waals surface area contributed by atoms with Gasteiger partial charge in [0.05, 0.1) is 24.4 Å². The molecule has 1 heterocycles. The van der Waals surface area contributed by atoms with Crippen LogP contribution in [0.2, 0.25) is 0 Å². The highest BCUT2D eigenvalue weighted by Gasteiger charge is 2.29. The molecule has 0 amide bonds. The summed E-state index contributed by atoms with van der Waals surface area (Å²) in [5, 5.41) is 8.90. The molecule has 0 saturated heterocycles. The molecule has 0 bridgehead atoms. The first-order valence-electron chi connectivity index (χ1n) is 6.70. The minimum absolute atomic E-state index is 0.354. The lowest BCUT2D eigenvalue weighted by molar-refractivity contribution is 0.225. The lowest BCUT2D eigenvalue weighted by Crippen LogP contribution is -2.24. The number of nitriles is 1. The number of halogens is 1. The fraction of sp³-hybridized carbons (Fsp3) is 0.312. The van der Waals surface area contributed by atoms with Crippen LogP contribution in [0.3, 0.4) is 0 Å². The van der Waals surface area contributed by atoms with Gasteiger partial charge in [0.1, 0.15) is 11.6 Å². The third-order valence-corrected chi connectivity index (χ3v) is 3.47. The van der Waals surface area contributed by atoms with E-state index in [-0.39, 0.29) is 5.82 Å². The van der Waals surface area contributed by atoms with Gasteiger partial charge in [-0.3, -0.25) is 4.90 Å². The molecule has 1 aliphatic rings. The largest absolute Gasteiger partial charge is 0.468 e. The maximum atomic E-state index is 13.5. The fourth-order valence-corrected chi connectivity index (χ4v) is 2.40. The zero-order chi connectivity index (χ0) is 13.9. The molecule has 0 radical (unpaired) electrons. The Morgan fingerprint density at radius 3 is 2.80 bits per heavy atom. The van der Waals surface area contributed by atoms with Gasteiger partial charge in [0.25, 0.3) is 0 Å². The van der Waals surface area contributed by atoms with Gasteiger partial charge >= 0.3 is 0 Å². The first kappa shape index (κ1) is 12.9. The average molecular weight is 270 g/mol. The zero-order valence-corrected chi connectivity index (χ0v) is 11.1. The number of hydrogen-bond acceptors (Lipinski definition) is 3.